The summed E-state index contributed by atoms with van der Waals surface area (Å²) in [6, 6.07) is 12.0. The largest absolute Gasteiger partial charge is 0.502 e. The molecule has 1 aliphatic rings. The Morgan fingerprint density at radius 3 is 2.31 bits per heavy atom. The summed E-state index contributed by atoms with van der Waals surface area (Å²) in [6.07, 6.45) is 0. The Bertz CT molecular complexity index is 648. The van der Waals surface area contributed by atoms with Crippen LogP contribution in [-0.4, -0.2) is 23.4 Å². The first-order valence-electron chi connectivity index (χ1n) is 5.20. The van der Waals surface area contributed by atoms with Crippen molar-refractivity contribution in [3.05, 3.63) is 47.5 Å². The average molecular weight is 210 g/mol. The highest BCUT2D eigenvalue weighted by molar-refractivity contribution is 6.09. The van der Waals surface area contributed by atoms with Crippen LogP contribution < -0.4 is 0 Å². The van der Waals surface area contributed by atoms with Gasteiger partial charge in [-0.1, -0.05) is 30.3 Å². The lowest BCUT2D eigenvalue weighted by molar-refractivity contribution is -0.385. The van der Waals surface area contributed by atoms with Gasteiger partial charge in [0.15, 0.2) is 5.76 Å². The first-order chi connectivity index (χ1) is 7.70. The molecule has 3 rings (SSSR count). The third-order valence-corrected chi connectivity index (χ3v) is 3.02. The molecule has 2 aromatic rings. The summed E-state index contributed by atoms with van der Waals surface area (Å²) in [5, 5.41) is 12.5. The zero-order valence-corrected chi connectivity index (χ0v) is 9.07. The minimum absolute atomic E-state index is 0.323. The first kappa shape index (κ1) is 9.16. The predicted molar refractivity (Wildman–Crippen MR) is 66.7 cm³/mol. The summed E-state index contributed by atoms with van der Waals surface area (Å²) < 4.78 is 1.71. The Hall–Kier alpha value is -2.09. The fourth-order valence-electron chi connectivity index (χ4n) is 2.38. The maximum atomic E-state index is 10.2. The molecule has 0 aromatic heterocycles. The highest BCUT2D eigenvalue weighted by Crippen LogP contribution is 2.40. The molecular weight excluding hydrogens is 198 g/mol. The number of nitrogens with zero attached hydrogens (tertiary/aromatic N) is 1. The highest BCUT2D eigenvalue weighted by Gasteiger charge is 2.29. The molecule has 78 valence electrons. The van der Waals surface area contributed by atoms with E-state index in [0.29, 0.717) is 5.76 Å². The molecule has 0 unspecified atom stereocenters. The van der Waals surface area contributed by atoms with Crippen LogP contribution in [0.2, 0.25) is 0 Å². The summed E-state index contributed by atoms with van der Waals surface area (Å²) in [4.78, 5) is 0. The predicted octanol–water partition coefficient (Wildman–Crippen LogP) is 2.88. The normalized spacial score (nSPS) is 13.6. The molecule has 0 bridgehead atoms. The van der Waals surface area contributed by atoms with Crippen molar-refractivity contribution in [2.45, 2.75) is 0 Å². The van der Waals surface area contributed by atoms with E-state index in [1.807, 2.05) is 31.3 Å². The lowest BCUT2D eigenvalue weighted by atomic mass is 10.0. The van der Waals surface area contributed by atoms with E-state index in [0.717, 1.165) is 27.6 Å². The van der Waals surface area contributed by atoms with Crippen LogP contribution in [0, 0.1) is 0 Å². The van der Waals surface area contributed by atoms with E-state index >= 15 is 0 Å². The van der Waals surface area contributed by atoms with E-state index in [2.05, 4.69) is 18.9 Å². The smallest absolute Gasteiger partial charge is 0.255 e. The molecule has 0 fully saturated rings. The summed E-state index contributed by atoms with van der Waals surface area (Å²) in [5.41, 5.74) is 2.76. The Labute approximate surface area is 93.8 Å². The van der Waals surface area contributed by atoms with Crippen LogP contribution in [0.15, 0.2) is 36.4 Å². The maximum Gasteiger partial charge on any atom is 0.255 e. The highest BCUT2D eigenvalue weighted by atomic mass is 16.3. The molecule has 0 saturated heterocycles. The second-order valence-electron chi connectivity index (χ2n) is 4.10. The Balaban J connectivity index is 2.50. The lowest BCUT2D eigenvalue weighted by Crippen LogP contribution is -2.00. The van der Waals surface area contributed by atoms with E-state index in [4.69, 9.17) is 0 Å². The van der Waals surface area contributed by atoms with E-state index in [1.54, 1.807) is 4.58 Å². The average Bonchev–Trinajstić information content (AvgIpc) is 2.55. The van der Waals surface area contributed by atoms with Crippen molar-refractivity contribution in [3.63, 3.8) is 0 Å². The number of rotatable bonds is 1. The zero-order chi connectivity index (χ0) is 11.3. The van der Waals surface area contributed by atoms with Crippen LogP contribution in [0.5, 0.6) is 0 Å². The first-order valence-corrected chi connectivity index (χ1v) is 5.20. The second-order valence-corrected chi connectivity index (χ2v) is 4.10. The minimum Gasteiger partial charge on any atom is -0.502 e. The zero-order valence-electron chi connectivity index (χ0n) is 9.07. The van der Waals surface area contributed by atoms with Gasteiger partial charge in [-0.15, -0.1) is 0 Å². The van der Waals surface area contributed by atoms with Gasteiger partial charge in [0.05, 0.1) is 5.56 Å². The number of hydrogen-bond acceptors (Lipinski definition) is 1. The fraction of sp³-hybridized carbons (Fsp3) is 0.0714. The van der Waals surface area contributed by atoms with E-state index in [9.17, 15) is 5.11 Å². The van der Waals surface area contributed by atoms with Crippen molar-refractivity contribution >= 4 is 28.9 Å². The molecule has 0 spiro atoms. The third-order valence-electron chi connectivity index (χ3n) is 3.02. The molecule has 0 radical (unpaired) electrons. The molecule has 2 nitrogen and oxygen atoms in total. The van der Waals surface area contributed by atoms with Crippen LogP contribution in [-0.2, 0) is 0 Å². The van der Waals surface area contributed by atoms with Crippen LogP contribution >= 0.6 is 0 Å². The standard InChI is InChI=1S/C14H11NO/c1-15(2)13-10-7-3-5-9-6-4-8-11(12(9)10)14(13)16/h3-8H,1H2,2H3/p+1. The van der Waals surface area contributed by atoms with Crippen LogP contribution in [0.3, 0.4) is 0 Å². The number of aliphatic hydroxyl groups is 1. The molecule has 16 heavy (non-hydrogen) atoms. The van der Waals surface area contributed by atoms with Crippen molar-refractivity contribution in [2.24, 2.45) is 0 Å². The van der Waals surface area contributed by atoms with Crippen molar-refractivity contribution < 1.29 is 9.68 Å². The fourth-order valence-corrected chi connectivity index (χ4v) is 2.38. The van der Waals surface area contributed by atoms with Crippen molar-refractivity contribution in [1.82, 2.24) is 0 Å². The SMILES string of the molecule is C=[N+](C)C1=C(O)c2cccc3cccc1c23. The summed E-state index contributed by atoms with van der Waals surface area (Å²) in [7, 11) is 1.84. The molecule has 1 N–H and O–H groups in total. The molecule has 2 aromatic carbocycles. The Morgan fingerprint density at radius 2 is 1.69 bits per heavy atom. The van der Waals surface area contributed by atoms with Gasteiger partial charge in [0, 0.05) is 10.9 Å². The van der Waals surface area contributed by atoms with Gasteiger partial charge in [-0.25, -0.2) is 4.58 Å². The van der Waals surface area contributed by atoms with Crippen LogP contribution in [0.1, 0.15) is 11.1 Å². The molecule has 0 saturated carbocycles. The number of hydrogen-bond donors (Lipinski definition) is 1. The maximum absolute atomic E-state index is 10.2. The third kappa shape index (κ3) is 0.986. The van der Waals surface area contributed by atoms with E-state index in [1.165, 1.54) is 0 Å². The molecule has 0 amide bonds. The summed E-state index contributed by atoms with van der Waals surface area (Å²) in [6.45, 7) is 3.86. The van der Waals surface area contributed by atoms with Gasteiger partial charge in [-0.05, 0) is 11.5 Å². The van der Waals surface area contributed by atoms with Gasteiger partial charge < -0.3 is 5.11 Å². The van der Waals surface area contributed by atoms with Gasteiger partial charge in [-0.3, -0.25) is 0 Å². The van der Waals surface area contributed by atoms with Gasteiger partial charge in [0.1, 0.15) is 13.8 Å². The number of aliphatic hydroxyl groups excluding tert-OH is 1. The van der Waals surface area contributed by atoms with Crippen LogP contribution in [0.25, 0.3) is 22.2 Å². The topological polar surface area (TPSA) is 23.2 Å². The van der Waals surface area contributed by atoms with E-state index < -0.39 is 0 Å². The molecule has 2 heteroatoms. The molecule has 0 atom stereocenters. The summed E-state index contributed by atoms with van der Waals surface area (Å²) >= 11 is 0. The number of benzene rings is 2. The Morgan fingerprint density at radius 1 is 1.06 bits per heavy atom. The molecule has 0 heterocycles. The van der Waals surface area contributed by atoms with Gasteiger partial charge >= 0.3 is 0 Å². The second kappa shape index (κ2) is 2.95. The Kier molecular flexibility index (Phi) is 1.69. The van der Waals surface area contributed by atoms with Crippen molar-refractivity contribution in [1.29, 1.82) is 0 Å². The molecule has 1 aliphatic carbocycles. The monoisotopic (exact) mass is 210 g/mol. The van der Waals surface area contributed by atoms with Gasteiger partial charge in [-0.2, -0.15) is 0 Å². The minimum atomic E-state index is 0.323. The van der Waals surface area contributed by atoms with Gasteiger partial charge in [0.2, 0.25) is 0 Å². The van der Waals surface area contributed by atoms with Crippen molar-refractivity contribution in [3.8, 4) is 0 Å². The lowest BCUT2D eigenvalue weighted by Gasteiger charge is -2.00. The molecule has 0 aliphatic heterocycles. The quantitative estimate of drug-likeness (QED) is 0.567. The van der Waals surface area contributed by atoms with Gasteiger partial charge in [0.25, 0.3) is 5.70 Å². The van der Waals surface area contributed by atoms with Crippen LogP contribution in [0.4, 0.5) is 0 Å². The molecular formula is C14H12NO+. The van der Waals surface area contributed by atoms with Crippen molar-refractivity contribution in [2.75, 3.05) is 7.05 Å². The summed E-state index contributed by atoms with van der Waals surface area (Å²) in [5.74, 6) is 0.323. The van der Waals surface area contributed by atoms with E-state index in [-0.39, 0.29) is 0 Å².